The fraction of sp³-hybridized carbons (Fsp3) is 0.424. The summed E-state index contributed by atoms with van der Waals surface area (Å²) in [5, 5.41) is 0. The molecule has 0 amide bonds. The molecule has 2 aromatic rings. The Morgan fingerprint density at radius 3 is 2.21 bits per heavy atom. The van der Waals surface area contributed by atoms with Crippen LogP contribution in [0.15, 0.2) is 84.5 Å². The first-order chi connectivity index (χ1) is 20.6. The van der Waals surface area contributed by atoms with Crippen LogP contribution < -0.4 is 9.05 Å². The van der Waals surface area contributed by atoms with Gasteiger partial charge in [0, 0.05) is 6.42 Å². The van der Waals surface area contributed by atoms with Crippen molar-refractivity contribution in [2.75, 3.05) is 7.11 Å². The molecular formula is C33H39O9P. The molecule has 1 aliphatic carbocycles. The molecule has 0 radical (unpaired) electrons. The van der Waals surface area contributed by atoms with Crippen LogP contribution in [0.1, 0.15) is 52.4 Å². The number of carbonyl (C=O) groups excluding carboxylic acids is 3. The number of hydrogen-bond donors (Lipinski definition) is 0. The Kier molecular flexibility index (Phi) is 10.5. The maximum atomic E-state index is 14.5. The zero-order valence-corrected chi connectivity index (χ0v) is 25.7. The molecule has 43 heavy (non-hydrogen) atoms. The van der Waals surface area contributed by atoms with Crippen LogP contribution in [0.2, 0.25) is 0 Å². The molecule has 2 aliphatic rings. The van der Waals surface area contributed by atoms with Gasteiger partial charge in [0.25, 0.3) is 0 Å². The van der Waals surface area contributed by atoms with E-state index >= 15 is 0 Å². The minimum Gasteiger partial charge on any atom is -0.468 e. The lowest BCUT2D eigenvalue weighted by molar-refractivity contribution is -0.140. The molecule has 230 valence electrons. The second-order valence-corrected chi connectivity index (χ2v) is 13.2. The lowest BCUT2D eigenvalue weighted by atomic mass is 9.78. The van der Waals surface area contributed by atoms with Gasteiger partial charge in [0.15, 0.2) is 5.66 Å². The van der Waals surface area contributed by atoms with Crippen LogP contribution in [0.4, 0.5) is 4.79 Å². The van der Waals surface area contributed by atoms with Crippen LogP contribution >= 0.6 is 7.60 Å². The maximum absolute atomic E-state index is 14.5. The monoisotopic (exact) mass is 610 g/mol. The van der Waals surface area contributed by atoms with Crippen molar-refractivity contribution in [2.24, 2.45) is 11.8 Å². The number of methoxy groups -OCH3 is 1. The highest BCUT2D eigenvalue weighted by molar-refractivity contribution is 7.56. The average Bonchev–Trinajstić information content (AvgIpc) is 3.21. The largest absolute Gasteiger partial charge is 0.509 e. The first-order valence-corrected chi connectivity index (χ1v) is 16.1. The van der Waals surface area contributed by atoms with Crippen LogP contribution in [0.5, 0.6) is 11.5 Å². The number of hydrogen-bond acceptors (Lipinski definition) is 9. The van der Waals surface area contributed by atoms with Gasteiger partial charge in [-0.05, 0) is 67.9 Å². The number of aldehydes is 1. The van der Waals surface area contributed by atoms with E-state index in [4.69, 9.17) is 23.3 Å². The Hall–Kier alpha value is -3.84. The Bertz CT molecular complexity index is 1330. The van der Waals surface area contributed by atoms with Crippen LogP contribution in [0.3, 0.4) is 0 Å². The summed E-state index contributed by atoms with van der Waals surface area (Å²) < 4.78 is 42.9. The number of carbonyl (C=O) groups is 3. The van der Waals surface area contributed by atoms with E-state index in [0.29, 0.717) is 42.8 Å². The van der Waals surface area contributed by atoms with Crippen molar-refractivity contribution in [3.05, 3.63) is 84.5 Å². The summed E-state index contributed by atoms with van der Waals surface area (Å²) in [6.45, 7) is 8.23. The van der Waals surface area contributed by atoms with Crippen molar-refractivity contribution < 1.29 is 42.2 Å². The van der Waals surface area contributed by atoms with Gasteiger partial charge in [-0.2, -0.15) is 0 Å². The van der Waals surface area contributed by atoms with Gasteiger partial charge in [0.1, 0.15) is 29.5 Å². The van der Waals surface area contributed by atoms with Gasteiger partial charge in [-0.25, -0.2) is 9.36 Å². The van der Waals surface area contributed by atoms with Crippen molar-refractivity contribution in [3.8, 4) is 11.5 Å². The third kappa shape index (κ3) is 7.39. The Labute approximate surface area is 252 Å². The number of rotatable bonds is 15. The molecule has 1 saturated carbocycles. The third-order valence-electron chi connectivity index (χ3n) is 8.06. The topological polar surface area (TPSA) is 114 Å². The smallest absolute Gasteiger partial charge is 0.468 e. The highest BCUT2D eigenvalue weighted by Crippen LogP contribution is 2.55. The number of benzene rings is 2. The number of allylic oxidation sites excluding steroid dienone is 1. The first-order valence-electron chi connectivity index (χ1n) is 14.5. The molecule has 2 aromatic carbocycles. The van der Waals surface area contributed by atoms with Gasteiger partial charge in [0.2, 0.25) is 0 Å². The van der Waals surface area contributed by atoms with E-state index in [1.807, 2.05) is 19.9 Å². The number of fused-ring (bicyclic) bond motifs is 2. The molecule has 2 fully saturated rings. The highest BCUT2D eigenvalue weighted by atomic mass is 31.2. The second kappa shape index (κ2) is 14.1. The summed E-state index contributed by atoms with van der Waals surface area (Å²) in [5.41, 5.74) is -0.597. The predicted molar refractivity (Wildman–Crippen MR) is 161 cm³/mol. The molecule has 1 unspecified atom stereocenters. The fourth-order valence-electron chi connectivity index (χ4n) is 5.76. The van der Waals surface area contributed by atoms with Crippen LogP contribution in [0, 0.1) is 11.8 Å². The molecule has 0 spiro atoms. The molecular weight excluding hydrogens is 571 g/mol. The molecule has 1 saturated heterocycles. The third-order valence-corrected chi connectivity index (χ3v) is 10.2. The standard InChI is InChI=1S/C33H39O9P/c1-23(2)25(22-28-29-19-20-33(28,40-32(36)39-29)24(3)12-11-21-34)17-18-30(31(35)38-4)43(37,41-26-13-7-5-8-14-26)42-27-15-9-6-10-16-27/h5-10,13-16,21-23,28-30H,3,11-12,17-20H2,1-2,4H3/b25-22+/t28-,29-,30?,33-/m0/s1. The molecule has 0 N–H and O–H groups in total. The highest BCUT2D eigenvalue weighted by Gasteiger charge is 2.57. The minimum atomic E-state index is -4.18. The number of ether oxygens (including phenoxy) is 3. The molecule has 1 heterocycles. The molecule has 1 aliphatic heterocycles. The SMILES string of the molecule is C=C(CCC=O)[C@]12CC[C@H](OC(=O)O1)[C@@H]2/C=C(\CCC(C(=O)OC)P(=O)(Oc1ccccc1)Oc1ccccc1)C(C)C. The van der Waals surface area contributed by atoms with Crippen molar-refractivity contribution in [1.82, 2.24) is 0 Å². The molecule has 4 atom stereocenters. The number of para-hydroxylation sites is 2. The molecule has 10 heteroatoms. The number of esters is 1. The van der Waals surface area contributed by atoms with E-state index in [-0.39, 0.29) is 24.7 Å². The van der Waals surface area contributed by atoms with Gasteiger partial charge >= 0.3 is 19.7 Å². The summed E-state index contributed by atoms with van der Waals surface area (Å²) >= 11 is 0. The summed E-state index contributed by atoms with van der Waals surface area (Å²) in [5.74, 6) is -0.425. The molecule has 2 bridgehead atoms. The van der Waals surface area contributed by atoms with E-state index in [2.05, 4.69) is 6.58 Å². The van der Waals surface area contributed by atoms with Crippen LogP contribution in [-0.4, -0.2) is 42.9 Å². The molecule has 0 aromatic heterocycles. The lowest BCUT2D eigenvalue weighted by Crippen LogP contribution is -2.48. The molecule has 9 nitrogen and oxygen atoms in total. The summed E-state index contributed by atoms with van der Waals surface area (Å²) in [6.07, 6.45) is 3.95. The van der Waals surface area contributed by atoms with E-state index in [1.54, 1.807) is 60.7 Å². The minimum absolute atomic E-state index is 0.0279. The van der Waals surface area contributed by atoms with Crippen molar-refractivity contribution in [3.63, 3.8) is 0 Å². The lowest BCUT2D eigenvalue weighted by Gasteiger charge is -2.40. The Balaban J connectivity index is 1.66. The summed E-state index contributed by atoms with van der Waals surface area (Å²) in [7, 11) is -2.94. The zero-order valence-electron chi connectivity index (χ0n) is 24.8. The normalized spacial score (nSPS) is 22.2. The van der Waals surface area contributed by atoms with Gasteiger partial charge < -0.3 is 28.1 Å². The summed E-state index contributed by atoms with van der Waals surface area (Å²) in [6, 6.07) is 17.1. The summed E-state index contributed by atoms with van der Waals surface area (Å²) in [4.78, 5) is 36.6. The van der Waals surface area contributed by atoms with Crippen molar-refractivity contribution >= 4 is 26.0 Å². The van der Waals surface area contributed by atoms with E-state index in [9.17, 15) is 18.9 Å². The van der Waals surface area contributed by atoms with Crippen LogP contribution in [0.25, 0.3) is 0 Å². The van der Waals surface area contributed by atoms with E-state index < -0.39 is 37.1 Å². The maximum Gasteiger partial charge on any atom is 0.509 e. The van der Waals surface area contributed by atoms with Gasteiger partial charge in [-0.3, -0.25) is 4.79 Å². The Morgan fingerprint density at radius 2 is 1.67 bits per heavy atom. The first kappa shape index (κ1) is 32.1. The van der Waals surface area contributed by atoms with Crippen molar-refractivity contribution in [2.45, 2.75) is 69.7 Å². The average molecular weight is 611 g/mol. The van der Waals surface area contributed by atoms with Gasteiger partial charge in [-0.15, -0.1) is 0 Å². The van der Waals surface area contributed by atoms with E-state index in [1.165, 1.54) is 7.11 Å². The zero-order chi connectivity index (χ0) is 31.0. The van der Waals surface area contributed by atoms with Crippen LogP contribution in [-0.2, 0) is 28.4 Å². The predicted octanol–water partition coefficient (Wildman–Crippen LogP) is 7.46. The second-order valence-electron chi connectivity index (χ2n) is 11.1. The quantitative estimate of drug-likeness (QED) is 0.0877. The van der Waals surface area contributed by atoms with Gasteiger partial charge in [-0.1, -0.05) is 68.5 Å². The van der Waals surface area contributed by atoms with Crippen molar-refractivity contribution in [1.29, 1.82) is 0 Å². The van der Waals surface area contributed by atoms with Gasteiger partial charge in [0.05, 0.1) is 13.0 Å². The van der Waals surface area contributed by atoms with E-state index in [0.717, 1.165) is 11.9 Å². The Morgan fingerprint density at radius 1 is 1.07 bits per heavy atom. The fourth-order valence-corrected chi connectivity index (χ4v) is 7.70. The molecule has 4 rings (SSSR count).